The van der Waals surface area contributed by atoms with Gasteiger partial charge in [0.05, 0.1) is 37.6 Å². The summed E-state index contributed by atoms with van der Waals surface area (Å²) in [5.74, 6) is 0.532. The summed E-state index contributed by atoms with van der Waals surface area (Å²) in [7, 11) is -1.33. The first kappa shape index (κ1) is 26.8. The van der Waals surface area contributed by atoms with Crippen molar-refractivity contribution in [3.05, 3.63) is 77.3 Å². The molecule has 0 bridgehead atoms. The van der Waals surface area contributed by atoms with Crippen molar-refractivity contribution in [2.24, 2.45) is 5.10 Å². The summed E-state index contributed by atoms with van der Waals surface area (Å²) in [5.41, 5.74) is 3.30. The van der Waals surface area contributed by atoms with Gasteiger partial charge in [-0.25, -0.2) is 13.8 Å². The first-order valence-corrected chi connectivity index (χ1v) is 12.7. The fraction of sp³-hybridized carbons (Fsp3) is 0.200. The number of rotatable bonds is 11. The Morgan fingerprint density at radius 1 is 1.03 bits per heavy atom. The van der Waals surface area contributed by atoms with Crippen molar-refractivity contribution in [1.82, 2.24) is 5.43 Å². The lowest BCUT2D eigenvalue weighted by atomic mass is 10.2. The maximum absolute atomic E-state index is 13.6. The summed E-state index contributed by atoms with van der Waals surface area (Å²) in [6, 6.07) is 17.5. The highest BCUT2D eigenvalue weighted by molar-refractivity contribution is 7.92. The minimum atomic E-state index is -4.19. The zero-order valence-electron chi connectivity index (χ0n) is 20.0. The van der Waals surface area contributed by atoms with Gasteiger partial charge in [0.1, 0.15) is 12.3 Å². The maximum Gasteiger partial charge on any atom is 0.264 e. The van der Waals surface area contributed by atoms with Gasteiger partial charge in [0.2, 0.25) is 0 Å². The zero-order valence-corrected chi connectivity index (χ0v) is 21.5. The van der Waals surface area contributed by atoms with E-state index in [2.05, 4.69) is 10.5 Å². The van der Waals surface area contributed by atoms with Gasteiger partial charge in [-0.2, -0.15) is 5.10 Å². The highest BCUT2D eigenvalue weighted by atomic mass is 35.5. The van der Waals surface area contributed by atoms with Gasteiger partial charge in [0.15, 0.2) is 11.5 Å². The van der Waals surface area contributed by atoms with Crippen LogP contribution in [0.1, 0.15) is 12.5 Å². The maximum atomic E-state index is 13.6. The molecule has 1 N–H and O–H groups in total. The SMILES string of the molecule is CCOc1ccc(N(CC(=O)N/N=C\c2cccc(Cl)c2)S(=O)(=O)c2ccc(OC)c(OC)c2)cc1. The average molecular weight is 532 g/mol. The Bertz CT molecular complexity index is 1330. The Hall–Kier alpha value is -3.76. The number of nitrogens with one attached hydrogen (secondary N) is 1. The molecule has 0 saturated heterocycles. The predicted octanol–water partition coefficient (Wildman–Crippen LogP) is 4.10. The van der Waals surface area contributed by atoms with Crippen LogP contribution in [0.3, 0.4) is 0 Å². The minimum absolute atomic E-state index is 0.0794. The van der Waals surface area contributed by atoms with Crippen LogP contribution < -0.4 is 23.9 Å². The second-order valence-electron chi connectivity index (χ2n) is 7.30. The number of methoxy groups -OCH3 is 2. The minimum Gasteiger partial charge on any atom is -0.494 e. The molecule has 1 amide bonds. The number of hydrogen-bond acceptors (Lipinski definition) is 7. The third kappa shape index (κ3) is 6.67. The van der Waals surface area contributed by atoms with Crippen LogP contribution in [0.15, 0.2) is 76.7 Å². The van der Waals surface area contributed by atoms with Crippen molar-refractivity contribution >= 4 is 39.4 Å². The fourth-order valence-corrected chi connectivity index (χ4v) is 4.86. The number of ether oxygens (including phenoxy) is 3. The van der Waals surface area contributed by atoms with Crippen LogP contribution >= 0.6 is 11.6 Å². The van der Waals surface area contributed by atoms with Gasteiger partial charge in [0.25, 0.3) is 15.9 Å². The van der Waals surface area contributed by atoms with Crippen LogP contribution in [-0.2, 0) is 14.8 Å². The second-order valence-corrected chi connectivity index (χ2v) is 9.60. The lowest BCUT2D eigenvalue weighted by Gasteiger charge is -2.24. The Morgan fingerprint density at radius 2 is 1.75 bits per heavy atom. The molecule has 3 aromatic carbocycles. The van der Waals surface area contributed by atoms with E-state index in [4.69, 9.17) is 25.8 Å². The number of amides is 1. The van der Waals surface area contributed by atoms with Crippen molar-refractivity contribution in [3.63, 3.8) is 0 Å². The van der Waals surface area contributed by atoms with E-state index < -0.39 is 22.5 Å². The third-order valence-electron chi connectivity index (χ3n) is 4.92. The van der Waals surface area contributed by atoms with Crippen LogP contribution in [0.25, 0.3) is 0 Å². The first-order valence-electron chi connectivity index (χ1n) is 10.8. The Balaban J connectivity index is 1.91. The van der Waals surface area contributed by atoms with E-state index in [0.29, 0.717) is 28.7 Å². The molecule has 190 valence electrons. The molecule has 3 rings (SSSR count). The van der Waals surface area contributed by atoms with E-state index in [0.717, 1.165) is 4.31 Å². The summed E-state index contributed by atoms with van der Waals surface area (Å²) < 4.78 is 44.2. The van der Waals surface area contributed by atoms with Gasteiger partial charge >= 0.3 is 0 Å². The molecule has 9 nitrogen and oxygen atoms in total. The van der Waals surface area contributed by atoms with Crippen LogP contribution in [-0.4, -0.2) is 47.9 Å². The van der Waals surface area contributed by atoms with E-state index in [-0.39, 0.29) is 16.3 Å². The zero-order chi connectivity index (χ0) is 26.1. The van der Waals surface area contributed by atoms with E-state index in [1.54, 1.807) is 48.5 Å². The lowest BCUT2D eigenvalue weighted by Crippen LogP contribution is -2.39. The number of hydrogen-bond donors (Lipinski definition) is 1. The smallest absolute Gasteiger partial charge is 0.264 e. The summed E-state index contributed by atoms with van der Waals surface area (Å²) in [4.78, 5) is 12.6. The van der Waals surface area contributed by atoms with Gasteiger partial charge in [-0.15, -0.1) is 0 Å². The molecule has 0 aliphatic carbocycles. The molecule has 0 atom stereocenters. The van der Waals surface area contributed by atoms with Crippen molar-refractivity contribution in [3.8, 4) is 17.2 Å². The largest absolute Gasteiger partial charge is 0.494 e. The van der Waals surface area contributed by atoms with Gasteiger partial charge in [-0.05, 0) is 61.0 Å². The molecule has 3 aromatic rings. The Labute approximate surface area is 215 Å². The normalized spacial score (nSPS) is 11.2. The van der Waals surface area contributed by atoms with Crippen molar-refractivity contribution < 1.29 is 27.4 Å². The lowest BCUT2D eigenvalue weighted by molar-refractivity contribution is -0.119. The van der Waals surface area contributed by atoms with Crippen molar-refractivity contribution in [2.45, 2.75) is 11.8 Å². The number of sulfonamides is 1. The van der Waals surface area contributed by atoms with Crippen LogP contribution in [0.5, 0.6) is 17.2 Å². The molecule has 0 spiro atoms. The van der Waals surface area contributed by atoms with Crippen molar-refractivity contribution in [1.29, 1.82) is 0 Å². The first-order chi connectivity index (χ1) is 17.3. The molecule has 0 aromatic heterocycles. The number of benzene rings is 3. The summed E-state index contributed by atoms with van der Waals surface area (Å²) >= 11 is 5.95. The molecule has 0 radical (unpaired) electrons. The van der Waals surface area contributed by atoms with Crippen LogP contribution in [0.2, 0.25) is 5.02 Å². The quantitative estimate of drug-likeness (QED) is 0.295. The van der Waals surface area contributed by atoms with E-state index in [9.17, 15) is 13.2 Å². The molecule has 0 unspecified atom stereocenters. The van der Waals surface area contributed by atoms with E-state index in [1.165, 1.54) is 38.6 Å². The molecule has 0 saturated carbocycles. The fourth-order valence-electron chi connectivity index (χ4n) is 3.23. The molecule has 36 heavy (non-hydrogen) atoms. The summed E-state index contributed by atoms with van der Waals surface area (Å²) in [6.45, 7) is 1.77. The second kappa shape index (κ2) is 12.3. The van der Waals surface area contributed by atoms with Crippen molar-refractivity contribution in [2.75, 3.05) is 31.7 Å². The summed E-state index contributed by atoms with van der Waals surface area (Å²) in [6.07, 6.45) is 1.41. The number of carbonyl (C=O) groups excluding carboxylic acids is 1. The molecule has 0 aliphatic rings. The van der Waals surface area contributed by atoms with Gasteiger partial charge < -0.3 is 14.2 Å². The number of nitrogens with zero attached hydrogens (tertiary/aromatic N) is 2. The molecule has 0 fully saturated rings. The van der Waals surface area contributed by atoms with Gasteiger partial charge in [-0.3, -0.25) is 9.10 Å². The number of anilines is 1. The molecular weight excluding hydrogens is 506 g/mol. The average Bonchev–Trinajstić information content (AvgIpc) is 2.87. The van der Waals surface area contributed by atoms with Crippen LogP contribution in [0.4, 0.5) is 5.69 Å². The monoisotopic (exact) mass is 531 g/mol. The third-order valence-corrected chi connectivity index (χ3v) is 6.92. The van der Waals surface area contributed by atoms with Gasteiger partial charge in [0, 0.05) is 11.1 Å². The van der Waals surface area contributed by atoms with Gasteiger partial charge in [-0.1, -0.05) is 23.7 Å². The number of halogens is 1. The Kier molecular flexibility index (Phi) is 9.15. The molecule has 0 aliphatic heterocycles. The summed E-state index contributed by atoms with van der Waals surface area (Å²) in [5, 5.41) is 4.43. The Morgan fingerprint density at radius 3 is 2.39 bits per heavy atom. The number of carbonyl (C=O) groups is 1. The standard InChI is InChI=1S/C25H26ClN3O6S/c1-4-35-21-10-8-20(9-11-21)29(17-25(30)28-27-16-18-6-5-7-19(26)14-18)36(31,32)22-12-13-23(33-2)24(15-22)34-3/h5-16H,4,17H2,1-3H3,(H,28,30)/b27-16-. The highest BCUT2D eigenvalue weighted by Gasteiger charge is 2.28. The molecular formula is C25H26ClN3O6S. The van der Waals surface area contributed by atoms with E-state index >= 15 is 0 Å². The predicted molar refractivity (Wildman–Crippen MR) is 139 cm³/mol. The highest BCUT2D eigenvalue weighted by Crippen LogP contribution is 2.32. The molecule has 11 heteroatoms. The van der Waals surface area contributed by atoms with E-state index in [1.807, 2.05) is 6.92 Å². The van der Waals surface area contributed by atoms with Crippen LogP contribution in [0, 0.1) is 0 Å². The topological polar surface area (TPSA) is 107 Å². The molecule has 0 heterocycles. The number of hydrazone groups is 1.